The van der Waals surface area contributed by atoms with Gasteiger partial charge in [0.15, 0.2) is 5.78 Å². The molecule has 5 aliphatic carbocycles. The molecule has 9 atom stereocenters. The number of rotatable bonds is 3. The van der Waals surface area contributed by atoms with E-state index in [1.807, 2.05) is 6.07 Å². The molecule has 1 aromatic carbocycles. The summed E-state index contributed by atoms with van der Waals surface area (Å²) >= 11 is 0. The second kappa shape index (κ2) is 9.42. The zero-order valence-corrected chi connectivity index (χ0v) is 26.6. The number of fused-ring (bicyclic) bond motifs is 7. The number of hydrogen-bond donors (Lipinski definition) is 0. The summed E-state index contributed by atoms with van der Waals surface area (Å²) in [6.45, 7) is 18.9. The van der Waals surface area contributed by atoms with Gasteiger partial charge in [0.1, 0.15) is 0 Å². The molecule has 1 aromatic rings. The van der Waals surface area contributed by atoms with E-state index in [9.17, 15) is 9.59 Å². The predicted octanol–water partition coefficient (Wildman–Crippen LogP) is 9.08. The Bertz CT molecular complexity index is 1290. The van der Waals surface area contributed by atoms with Crippen LogP contribution in [0.3, 0.4) is 0 Å². The molecule has 222 valence electrons. The maximum Gasteiger partial charge on any atom is 0.312 e. The van der Waals surface area contributed by atoms with Gasteiger partial charge in [-0.2, -0.15) is 0 Å². The second-order valence-corrected chi connectivity index (χ2v) is 16.1. The average Bonchev–Trinajstić information content (AvgIpc) is 3.33. The summed E-state index contributed by atoms with van der Waals surface area (Å²) in [4.78, 5) is 27.5. The van der Waals surface area contributed by atoms with Crippen LogP contribution in [0.4, 0.5) is 0 Å². The van der Waals surface area contributed by atoms with E-state index in [0.29, 0.717) is 35.4 Å². The Balaban J connectivity index is 1.42. The number of benzene rings is 1. The molecule has 0 N–H and O–H groups in total. The highest BCUT2D eigenvalue weighted by Gasteiger charge is 2.72. The Hall–Kier alpha value is -2.16. The monoisotopic (exact) mass is 556 g/mol. The Kier molecular flexibility index (Phi) is 6.65. The van der Waals surface area contributed by atoms with E-state index in [2.05, 4.69) is 78.5 Å². The minimum absolute atomic E-state index is 0.0273. The van der Waals surface area contributed by atoms with Gasteiger partial charge in [0.25, 0.3) is 0 Å². The summed E-state index contributed by atoms with van der Waals surface area (Å²) in [5.74, 6) is 2.55. The van der Waals surface area contributed by atoms with E-state index in [1.165, 1.54) is 24.8 Å². The van der Waals surface area contributed by atoms with Crippen LogP contribution < -0.4 is 0 Å². The van der Waals surface area contributed by atoms with E-state index < -0.39 is 0 Å². The van der Waals surface area contributed by atoms with Gasteiger partial charge in [-0.25, -0.2) is 0 Å². The highest BCUT2D eigenvalue weighted by atomic mass is 16.5. The minimum Gasteiger partial charge on any atom is -0.469 e. The smallest absolute Gasteiger partial charge is 0.312 e. The van der Waals surface area contributed by atoms with Gasteiger partial charge in [0, 0.05) is 5.41 Å². The zero-order valence-electron chi connectivity index (χ0n) is 26.6. The fourth-order valence-corrected chi connectivity index (χ4v) is 12.4. The molecule has 5 saturated carbocycles. The van der Waals surface area contributed by atoms with Gasteiger partial charge in [0.2, 0.25) is 0 Å². The molecule has 0 unspecified atom stereocenters. The summed E-state index contributed by atoms with van der Waals surface area (Å²) in [6.07, 6.45) is 11.7. The molecule has 5 fully saturated rings. The number of methoxy groups -OCH3 is 1. The van der Waals surface area contributed by atoms with Crippen molar-refractivity contribution in [2.45, 2.75) is 99.3 Å². The molecule has 0 amide bonds. The van der Waals surface area contributed by atoms with Gasteiger partial charge in [-0.1, -0.05) is 77.1 Å². The molecule has 0 aromatic heterocycles. The second-order valence-electron chi connectivity index (χ2n) is 16.1. The number of Topliss-reactive ketones (excluding diaryl/α,β-unsaturated/α-hetero) is 1. The summed E-state index contributed by atoms with van der Waals surface area (Å²) in [5, 5.41) is 0. The van der Waals surface area contributed by atoms with Crippen molar-refractivity contribution in [3.63, 3.8) is 0 Å². The van der Waals surface area contributed by atoms with Crippen molar-refractivity contribution in [2.24, 2.45) is 56.7 Å². The largest absolute Gasteiger partial charge is 0.469 e. The van der Waals surface area contributed by atoms with Crippen LogP contribution in [0.1, 0.15) is 105 Å². The number of ether oxygens (including phenoxy) is 1. The summed E-state index contributed by atoms with van der Waals surface area (Å²) in [5.41, 5.74) is 3.06. The zero-order chi connectivity index (χ0) is 29.6. The molecule has 3 nitrogen and oxygen atoms in total. The van der Waals surface area contributed by atoms with Crippen LogP contribution in [0, 0.1) is 56.7 Å². The maximum atomic E-state index is 14.0. The van der Waals surface area contributed by atoms with Crippen molar-refractivity contribution in [1.29, 1.82) is 0 Å². The molecule has 3 heteroatoms. The first kappa shape index (κ1) is 28.9. The Labute approximate surface area is 248 Å². The molecule has 41 heavy (non-hydrogen) atoms. The van der Waals surface area contributed by atoms with Crippen LogP contribution in [0.25, 0.3) is 6.08 Å². The van der Waals surface area contributed by atoms with Crippen molar-refractivity contribution in [1.82, 2.24) is 0 Å². The lowest BCUT2D eigenvalue weighted by Crippen LogP contribution is -2.67. The Morgan fingerprint density at radius 3 is 2.27 bits per heavy atom. The van der Waals surface area contributed by atoms with Crippen LogP contribution in [0.15, 0.2) is 48.1 Å². The number of allylic oxidation sites excluding steroid dienone is 2. The molecule has 0 heterocycles. The van der Waals surface area contributed by atoms with Crippen LogP contribution in [-0.2, 0) is 14.3 Å². The highest BCUT2D eigenvalue weighted by molar-refractivity contribution is 6.04. The molecular formula is C38H52O3. The predicted molar refractivity (Wildman–Crippen MR) is 166 cm³/mol. The summed E-state index contributed by atoms with van der Waals surface area (Å²) in [6, 6.07) is 10.4. The lowest BCUT2D eigenvalue weighted by atomic mass is 9.32. The van der Waals surface area contributed by atoms with Gasteiger partial charge < -0.3 is 4.74 Å². The number of carbonyl (C=O) groups is 2. The molecule has 5 aliphatic rings. The maximum absolute atomic E-state index is 14.0. The van der Waals surface area contributed by atoms with Gasteiger partial charge in [-0.15, -0.1) is 0 Å². The van der Waals surface area contributed by atoms with Gasteiger partial charge in [-0.3, -0.25) is 9.59 Å². The van der Waals surface area contributed by atoms with Crippen LogP contribution >= 0.6 is 0 Å². The first-order valence-corrected chi connectivity index (χ1v) is 16.3. The van der Waals surface area contributed by atoms with Crippen molar-refractivity contribution in [3.05, 3.63) is 53.6 Å². The first-order valence-electron chi connectivity index (χ1n) is 16.3. The summed E-state index contributed by atoms with van der Waals surface area (Å²) in [7, 11) is 1.59. The van der Waals surface area contributed by atoms with Gasteiger partial charge in [0.05, 0.1) is 12.5 Å². The van der Waals surface area contributed by atoms with E-state index in [1.54, 1.807) is 7.11 Å². The van der Waals surface area contributed by atoms with Crippen molar-refractivity contribution >= 4 is 17.8 Å². The van der Waals surface area contributed by atoms with Gasteiger partial charge >= 0.3 is 5.97 Å². The van der Waals surface area contributed by atoms with Gasteiger partial charge in [-0.05, 0) is 128 Å². The molecule has 0 radical (unpaired) electrons. The summed E-state index contributed by atoms with van der Waals surface area (Å²) < 4.78 is 5.54. The third-order valence-electron chi connectivity index (χ3n) is 14.4. The number of ketones is 1. The molecule has 0 spiro atoms. The van der Waals surface area contributed by atoms with Crippen LogP contribution in [0.2, 0.25) is 0 Å². The molecule has 6 rings (SSSR count). The van der Waals surface area contributed by atoms with E-state index >= 15 is 0 Å². The number of hydrogen-bond acceptors (Lipinski definition) is 3. The van der Waals surface area contributed by atoms with Crippen molar-refractivity contribution < 1.29 is 14.3 Å². The lowest BCUT2D eigenvalue weighted by Gasteiger charge is -2.72. The normalized spacial score (nSPS) is 45.7. The van der Waals surface area contributed by atoms with E-state index in [4.69, 9.17) is 4.74 Å². The standard InChI is InChI=1S/C38H52O3/c1-24(2)27-16-19-38(33(40)41-8)21-20-36(6)28(31(27)38)14-15-30-35(5)23-26(22-25-12-10-9-11-13-25)32(39)34(3,4)29(35)17-18-37(30,36)7/h9-13,22,27-31H,1,14-21,23H2,2-8H3/b26-22-/t27-,28-,29-,30+,31-,35+,36-,37+,38-/m1/s1. The van der Waals surface area contributed by atoms with Crippen LogP contribution in [-0.4, -0.2) is 18.9 Å². The van der Waals surface area contributed by atoms with Crippen LogP contribution in [0.5, 0.6) is 0 Å². The number of carbonyl (C=O) groups excluding carboxylic acids is 2. The molecule has 0 aliphatic heterocycles. The van der Waals surface area contributed by atoms with Crippen molar-refractivity contribution in [3.8, 4) is 0 Å². The first-order chi connectivity index (χ1) is 19.3. The molecular weight excluding hydrogens is 504 g/mol. The molecule has 0 bridgehead atoms. The lowest BCUT2D eigenvalue weighted by molar-refractivity contribution is -0.232. The van der Waals surface area contributed by atoms with E-state index in [-0.39, 0.29) is 33.0 Å². The fraction of sp³-hybridized carbons (Fsp3) is 0.684. The Morgan fingerprint density at radius 2 is 1.61 bits per heavy atom. The van der Waals surface area contributed by atoms with E-state index in [0.717, 1.165) is 49.7 Å². The Morgan fingerprint density at radius 1 is 0.902 bits per heavy atom. The number of esters is 1. The minimum atomic E-state index is -0.365. The average molecular weight is 557 g/mol. The quantitative estimate of drug-likeness (QED) is 0.212. The molecule has 0 saturated heterocycles. The topological polar surface area (TPSA) is 43.4 Å². The third kappa shape index (κ3) is 3.75. The highest BCUT2D eigenvalue weighted by Crippen LogP contribution is 2.77. The fourth-order valence-electron chi connectivity index (χ4n) is 12.4. The van der Waals surface area contributed by atoms with Crippen molar-refractivity contribution in [2.75, 3.05) is 7.11 Å². The SMILES string of the molecule is C=C(C)[C@H]1CC[C@@]2(C(=O)OC)CC[C@]3(C)[C@H](CC[C@H]4[C@@]5(C)C/C(=C/c6ccccc6)C(=O)C(C)(C)[C@H]5CC[C@@]43C)[C@@H]12. The third-order valence-corrected chi connectivity index (χ3v) is 14.4.